The van der Waals surface area contributed by atoms with Crippen molar-refractivity contribution >= 4 is 11.8 Å². The Hall–Kier alpha value is -1.36. The van der Waals surface area contributed by atoms with Crippen LogP contribution in [0, 0.1) is 0 Å². The molecule has 0 bridgehead atoms. The molecule has 124 valence electrons. The molecule has 1 N–H and O–H groups in total. The summed E-state index contributed by atoms with van der Waals surface area (Å²) in [4.78, 5) is 13.8. The van der Waals surface area contributed by atoms with Gasteiger partial charge in [0.1, 0.15) is 5.82 Å². The van der Waals surface area contributed by atoms with Crippen LogP contribution in [0.15, 0.2) is 12.3 Å². The Morgan fingerprint density at radius 2 is 1.91 bits per heavy atom. The first-order chi connectivity index (χ1) is 10.8. The van der Waals surface area contributed by atoms with Gasteiger partial charge in [0.2, 0.25) is 5.95 Å². The molecule has 22 heavy (non-hydrogen) atoms. The van der Waals surface area contributed by atoms with Crippen molar-refractivity contribution in [1.29, 1.82) is 0 Å². The number of piperidine rings is 1. The fraction of sp³-hybridized carbons (Fsp3) is 0.765. The predicted molar refractivity (Wildman–Crippen MR) is 93.6 cm³/mol. The zero-order valence-electron chi connectivity index (χ0n) is 14.2. The van der Waals surface area contributed by atoms with Gasteiger partial charge in [0, 0.05) is 25.8 Å². The van der Waals surface area contributed by atoms with Gasteiger partial charge in [0.05, 0.1) is 0 Å². The largest absolute Gasteiger partial charge is 0.357 e. The lowest BCUT2D eigenvalue weighted by Gasteiger charge is -2.26. The Morgan fingerprint density at radius 3 is 2.64 bits per heavy atom. The monoisotopic (exact) mass is 305 g/mol. The molecule has 1 aliphatic heterocycles. The number of hydrogen-bond donors (Lipinski definition) is 1. The van der Waals surface area contributed by atoms with E-state index >= 15 is 0 Å². The van der Waals surface area contributed by atoms with Crippen molar-refractivity contribution in [2.24, 2.45) is 0 Å². The minimum absolute atomic E-state index is 0.752. The molecule has 0 atom stereocenters. The zero-order chi connectivity index (χ0) is 15.6. The third-order valence-electron chi connectivity index (χ3n) is 4.36. The number of anilines is 2. The van der Waals surface area contributed by atoms with Crippen LogP contribution in [0.5, 0.6) is 0 Å². The van der Waals surface area contributed by atoms with E-state index in [0.29, 0.717) is 0 Å². The first-order valence-corrected chi connectivity index (χ1v) is 8.87. The van der Waals surface area contributed by atoms with Gasteiger partial charge in [-0.2, -0.15) is 4.98 Å². The molecule has 1 aliphatic rings. The topological polar surface area (TPSA) is 44.3 Å². The summed E-state index contributed by atoms with van der Waals surface area (Å²) in [7, 11) is 0. The average Bonchev–Trinajstić information content (AvgIpc) is 2.57. The van der Waals surface area contributed by atoms with Gasteiger partial charge in [0.25, 0.3) is 0 Å². The van der Waals surface area contributed by atoms with Crippen molar-refractivity contribution in [2.45, 2.75) is 46.0 Å². The van der Waals surface area contributed by atoms with E-state index in [0.717, 1.165) is 31.4 Å². The van der Waals surface area contributed by atoms with Crippen LogP contribution in [-0.4, -0.2) is 54.1 Å². The van der Waals surface area contributed by atoms with Crippen LogP contribution < -0.4 is 10.2 Å². The Balaban J connectivity index is 1.67. The maximum Gasteiger partial charge on any atom is 0.224 e. The normalized spacial score (nSPS) is 15.7. The van der Waals surface area contributed by atoms with Crippen LogP contribution >= 0.6 is 0 Å². The number of nitrogens with zero attached hydrogens (tertiary/aromatic N) is 4. The van der Waals surface area contributed by atoms with E-state index in [4.69, 9.17) is 0 Å². The molecule has 0 aromatic carbocycles. The van der Waals surface area contributed by atoms with Gasteiger partial charge in [-0.1, -0.05) is 6.42 Å². The SMILES string of the molecule is CCN(CC)c1ccnc(NCCCCN2CCCCC2)n1. The lowest BCUT2D eigenvalue weighted by molar-refractivity contribution is 0.225. The second-order valence-electron chi connectivity index (χ2n) is 5.95. The fourth-order valence-corrected chi connectivity index (χ4v) is 3.00. The first-order valence-electron chi connectivity index (χ1n) is 8.87. The summed E-state index contributed by atoms with van der Waals surface area (Å²) in [6.45, 7) is 11.0. The number of nitrogens with one attached hydrogen (secondary N) is 1. The van der Waals surface area contributed by atoms with Gasteiger partial charge in [-0.25, -0.2) is 4.98 Å². The van der Waals surface area contributed by atoms with Crippen molar-refractivity contribution in [3.8, 4) is 0 Å². The Labute approximate surface area is 135 Å². The quantitative estimate of drug-likeness (QED) is 0.711. The van der Waals surface area contributed by atoms with Crippen LogP contribution in [0.2, 0.25) is 0 Å². The molecule has 0 radical (unpaired) electrons. The van der Waals surface area contributed by atoms with Gasteiger partial charge in [-0.15, -0.1) is 0 Å². The molecule has 0 saturated carbocycles. The van der Waals surface area contributed by atoms with Crippen molar-refractivity contribution in [3.05, 3.63) is 12.3 Å². The van der Waals surface area contributed by atoms with E-state index in [1.165, 1.54) is 51.7 Å². The van der Waals surface area contributed by atoms with Crippen LogP contribution in [0.3, 0.4) is 0 Å². The molecular weight excluding hydrogens is 274 g/mol. The number of unbranched alkanes of at least 4 members (excludes halogenated alkanes) is 1. The highest BCUT2D eigenvalue weighted by Gasteiger charge is 2.09. The van der Waals surface area contributed by atoms with Crippen molar-refractivity contribution in [3.63, 3.8) is 0 Å². The maximum absolute atomic E-state index is 4.60. The molecular formula is C17H31N5. The number of aromatic nitrogens is 2. The standard InChI is InChI=1S/C17H31N5/c1-3-22(4-2)16-10-12-19-17(20-16)18-11-6-9-15-21-13-7-5-8-14-21/h10,12H,3-9,11,13-15H2,1-2H3,(H,18,19,20). The molecule has 1 aromatic heterocycles. The Bertz CT molecular complexity index is 413. The molecule has 5 nitrogen and oxygen atoms in total. The lowest BCUT2D eigenvalue weighted by Crippen LogP contribution is -2.30. The van der Waals surface area contributed by atoms with Crippen LogP contribution in [0.25, 0.3) is 0 Å². The fourth-order valence-electron chi connectivity index (χ4n) is 3.00. The van der Waals surface area contributed by atoms with E-state index in [9.17, 15) is 0 Å². The molecule has 1 fully saturated rings. The van der Waals surface area contributed by atoms with Gasteiger partial charge < -0.3 is 15.1 Å². The zero-order valence-corrected chi connectivity index (χ0v) is 14.2. The van der Waals surface area contributed by atoms with Gasteiger partial charge in [-0.05, 0) is 65.2 Å². The highest BCUT2D eigenvalue weighted by molar-refractivity contribution is 5.42. The van der Waals surface area contributed by atoms with Crippen LogP contribution in [-0.2, 0) is 0 Å². The molecule has 1 saturated heterocycles. The summed E-state index contributed by atoms with van der Waals surface area (Å²) in [6.07, 6.45) is 8.45. The van der Waals surface area contributed by atoms with Crippen LogP contribution in [0.4, 0.5) is 11.8 Å². The molecule has 5 heteroatoms. The average molecular weight is 305 g/mol. The molecule has 0 unspecified atom stereocenters. The van der Waals surface area contributed by atoms with Gasteiger partial charge in [-0.3, -0.25) is 0 Å². The summed E-state index contributed by atoms with van der Waals surface area (Å²) < 4.78 is 0. The third kappa shape index (κ3) is 5.44. The Morgan fingerprint density at radius 1 is 1.14 bits per heavy atom. The minimum Gasteiger partial charge on any atom is -0.357 e. The summed E-state index contributed by atoms with van der Waals surface area (Å²) in [5, 5.41) is 3.36. The first kappa shape index (κ1) is 17.0. The van der Waals surface area contributed by atoms with Crippen LogP contribution in [0.1, 0.15) is 46.0 Å². The summed E-state index contributed by atoms with van der Waals surface area (Å²) >= 11 is 0. The lowest BCUT2D eigenvalue weighted by atomic mass is 10.1. The second kappa shape index (κ2) is 9.62. The Kier molecular flexibility index (Phi) is 7.43. The summed E-state index contributed by atoms with van der Waals surface area (Å²) in [5.41, 5.74) is 0. The highest BCUT2D eigenvalue weighted by Crippen LogP contribution is 2.12. The molecule has 1 aromatic rings. The van der Waals surface area contributed by atoms with E-state index in [1.54, 1.807) is 0 Å². The van der Waals surface area contributed by atoms with E-state index in [-0.39, 0.29) is 0 Å². The predicted octanol–water partition coefficient (Wildman–Crippen LogP) is 3.00. The van der Waals surface area contributed by atoms with Gasteiger partial charge in [0.15, 0.2) is 0 Å². The molecule has 0 amide bonds. The summed E-state index contributed by atoms with van der Waals surface area (Å²) in [6, 6.07) is 1.98. The molecule has 2 heterocycles. The molecule has 2 rings (SSSR count). The van der Waals surface area contributed by atoms with Crippen molar-refractivity contribution in [1.82, 2.24) is 14.9 Å². The summed E-state index contributed by atoms with van der Waals surface area (Å²) in [5.74, 6) is 1.76. The highest BCUT2D eigenvalue weighted by atomic mass is 15.2. The minimum atomic E-state index is 0.752. The van der Waals surface area contributed by atoms with E-state index in [1.807, 2.05) is 12.3 Å². The third-order valence-corrected chi connectivity index (χ3v) is 4.36. The number of likely N-dealkylation sites (tertiary alicyclic amines) is 1. The smallest absolute Gasteiger partial charge is 0.224 e. The molecule has 0 aliphatic carbocycles. The second-order valence-corrected chi connectivity index (χ2v) is 5.95. The number of rotatable bonds is 9. The van der Waals surface area contributed by atoms with Crippen molar-refractivity contribution < 1.29 is 0 Å². The van der Waals surface area contributed by atoms with E-state index in [2.05, 4.69) is 38.9 Å². The van der Waals surface area contributed by atoms with E-state index < -0.39 is 0 Å². The van der Waals surface area contributed by atoms with Gasteiger partial charge >= 0.3 is 0 Å². The van der Waals surface area contributed by atoms with Crippen molar-refractivity contribution in [2.75, 3.05) is 49.5 Å². The molecule has 0 spiro atoms. The maximum atomic E-state index is 4.60. The number of hydrogen-bond acceptors (Lipinski definition) is 5.